The lowest BCUT2D eigenvalue weighted by Gasteiger charge is -2.11. The van der Waals surface area contributed by atoms with Crippen LogP contribution in [0.2, 0.25) is 0 Å². The van der Waals surface area contributed by atoms with Crippen LogP contribution in [0.25, 0.3) is 0 Å². The first-order valence-corrected chi connectivity index (χ1v) is 8.71. The molecule has 1 aliphatic rings. The van der Waals surface area contributed by atoms with Crippen molar-refractivity contribution in [2.45, 2.75) is 30.7 Å². The Hall–Kier alpha value is -0.900. The summed E-state index contributed by atoms with van der Waals surface area (Å²) in [5.41, 5.74) is 2.43. The number of hydrogen-bond donors (Lipinski definition) is 1. The van der Waals surface area contributed by atoms with E-state index in [-0.39, 0.29) is 5.56 Å². The fourth-order valence-electron chi connectivity index (χ4n) is 2.45. The van der Waals surface area contributed by atoms with E-state index < -0.39 is 0 Å². The van der Waals surface area contributed by atoms with Gasteiger partial charge in [0.2, 0.25) is 0 Å². The van der Waals surface area contributed by atoms with Crippen molar-refractivity contribution in [1.29, 1.82) is 5.26 Å². The Kier molecular flexibility index (Phi) is 5.58. The van der Waals surface area contributed by atoms with Crippen LogP contribution in [0.5, 0.6) is 0 Å². The summed E-state index contributed by atoms with van der Waals surface area (Å²) in [6.07, 6.45) is 1.75. The maximum atomic E-state index is 12.1. The Balaban J connectivity index is 2.18. The van der Waals surface area contributed by atoms with Gasteiger partial charge < -0.3 is 9.72 Å². The van der Waals surface area contributed by atoms with Gasteiger partial charge in [-0.15, -0.1) is 11.8 Å². The molecule has 1 aromatic heterocycles. The highest BCUT2D eigenvalue weighted by Crippen LogP contribution is 2.36. The molecule has 1 atom stereocenters. The van der Waals surface area contributed by atoms with E-state index in [0.717, 1.165) is 39.8 Å². The molecule has 0 amide bonds. The van der Waals surface area contributed by atoms with Crippen LogP contribution in [0, 0.1) is 11.3 Å². The standard InChI is InChI=1S/C14H18N2O2S2/c1-9-3-4-10-12(9)11(7-15)14(16-13(10)17)20-8-19-6-5-18-2/h9H,3-6,8H2,1-2H3,(H,16,17). The van der Waals surface area contributed by atoms with E-state index in [0.29, 0.717) is 18.1 Å². The number of nitrogens with one attached hydrogen (secondary N) is 1. The quantitative estimate of drug-likeness (QED) is 0.497. The van der Waals surface area contributed by atoms with Gasteiger partial charge in [-0.3, -0.25) is 4.79 Å². The van der Waals surface area contributed by atoms with Gasteiger partial charge in [0.15, 0.2) is 0 Å². The Morgan fingerprint density at radius 2 is 2.35 bits per heavy atom. The fourth-order valence-corrected chi connectivity index (χ4v) is 4.48. The molecular weight excluding hydrogens is 292 g/mol. The first-order valence-electron chi connectivity index (χ1n) is 6.57. The number of rotatable bonds is 6. The van der Waals surface area contributed by atoms with E-state index in [9.17, 15) is 10.1 Å². The molecule has 0 saturated carbocycles. The van der Waals surface area contributed by atoms with Crippen molar-refractivity contribution in [2.24, 2.45) is 0 Å². The lowest BCUT2D eigenvalue weighted by molar-refractivity contribution is 0.219. The second kappa shape index (κ2) is 7.21. The highest BCUT2D eigenvalue weighted by molar-refractivity contribution is 8.16. The van der Waals surface area contributed by atoms with Crippen LogP contribution in [-0.4, -0.2) is 29.5 Å². The molecule has 6 heteroatoms. The van der Waals surface area contributed by atoms with E-state index in [2.05, 4.69) is 18.0 Å². The molecule has 1 unspecified atom stereocenters. The molecule has 0 aromatic carbocycles. The predicted molar refractivity (Wildman–Crippen MR) is 83.6 cm³/mol. The minimum Gasteiger partial charge on any atom is -0.384 e. The lowest BCUT2D eigenvalue weighted by atomic mass is 10.00. The van der Waals surface area contributed by atoms with E-state index in [1.165, 1.54) is 11.8 Å². The van der Waals surface area contributed by atoms with E-state index in [1.54, 1.807) is 18.9 Å². The smallest absolute Gasteiger partial charge is 0.252 e. The number of aromatic amines is 1. The van der Waals surface area contributed by atoms with Crippen LogP contribution in [0.3, 0.4) is 0 Å². The number of nitriles is 1. The van der Waals surface area contributed by atoms with Gasteiger partial charge in [-0.1, -0.05) is 18.7 Å². The lowest BCUT2D eigenvalue weighted by Crippen LogP contribution is -2.15. The highest BCUT2D eigenvalue weighted by Gasteiger charge is 2.27. The summed E-state index contributed by atoms with van der Waals surface area (Å²) in [6.45, 7) is 2.81. The molecule has 2 rings (SSSR count). The number of thioether (sulfide) groups is 2. The third-order valence-electron chi connectivity index (χ3n) is 3.47. The Morgan fingerprint density at radius 3 is 3.05 bits per heavy atom. The molecular formula is C14H18N2O2S2. The number of hydrogen-bond acceptors (Lipinski definition) is 5. The van der Waals surface area contributed by atoms with E-state index in [1.807, 2.05) is 0 Å². The molecule has 0 aliphatic heterocycles. The van der Waals surface area contributed by atoms with Gasteiger partial charge in [-0.2, -0.15) is 5.26 Å². The van der Waals surface area contributed by atoms with Crippen LogP contribution >= 0.6 is 23.5 Å². The minimum absolute atomic E-state index is 0.0206. The summed E-state index contributed by atoms with van der Waals surface area (Å²) in [5, 5.41) is 10.9. The molecule has 1 heterocycles. The van der Waals surface area contributed by atoms with Crippen LogP contribution in [0.4, 0.5) is 0 Å². The fraction of sp³-hybridized carbons (Fsp3) is 0.571. The number of ether oxygens (including phenoxy) is 1. The van der Waals surface area contributed by atoms with Crippen LogP contribution in [0.1, 0.15) is 36.0 Å². The molecule has 0 saturated heterocycles. The van der Waals surface area contributed by atoms with Gasteiger partial charge in [-0.25, -0.2) is 0 Å². The zero-order valence-electron chi connectivity index (χ0n) is 11.7. The SMILES string of the molecule is COCCSCSc1[nH]c(=O)c2c(c1C#N)C(C)CC2. The Labute approximate surface area is 127 Å². The van der Waals surface area contributed by atoms with Gasteiger partial charge in [0, 0.05) is 23.5 Å². The molecule has 1 N–H and O–H groups in total. The second-order valence-electron chi connectivity index (χ2n) is 4.77. The van der Waals surface area contributed by atoms with Crippen molar-refractivity contribution in [3.8, 4) is 6.07 Å². The molecule has 1 aromatic rings. The summed E-state index contributed by atoms with van der Waals surface area (Å²) < 4.78 is 4.99. The summed E-state index contributed by atoms with van der Waals surface area (Å²) >= 11 is 3.27. The topological polar surface area (TPSA) is 65.9 Å². The Morgan fingerprint density at radius 1 is 1.55 bits per heavy atom. The van der Waals surface area contributed by atoms with Crippen molar-refractivity contribution in [3.63, 3.8) is 0 Å². The molecule has 0 bridgehead atoms. The first kappa shape index (κ1) is 15.5. The number of fused-ring (bicyclic) bond motifs is 1. The van der Waals surface area contributed by atoms with E-state index in [4.69, 9.17) is 4.74 Å². The van der Waals surface area contributed by atoms with Crippen LogP contribution in [-0.2, 0) is 11.2 Å². The third-order valence-corrected chi connectivity index (χ3v) is 5.66. The highest BCUT2D eigenvalue weighted by atomic mass is 32.2. The number of methoxy groups -OCH3 is 1. The summed E-state index contributed by atoms with van der Waals surface area (Å²) in [4.78, 5) is 15.0. The van der Waals surface area contributed by atoms with Gasteiger partial charge >= 0.3 is 0 Å². The van der Waals surface area contributed by atoms with Crippen molar-refractivity contribution >= 4 is 23.5 Å². The van der Waals surface area contributed by atoms with Crippen molar-refractivity contribution in [3.05, 3.63) is 27.0 Å². The maximum Gasteiger partial charge on any atom is 0.252 e. The number of aromatic nitrogens is 1. The average Bonchev–Trinajstić information content (AvgIpc) is 2.82. The maximum absolute atomic E-state index is 12.1. The average molecular weight is 310 g/mol. The van der Waals surface area contributed by atoms with Gasteiger partial charge in [0.25, 0.3) is 5.56 Å². The largest absolute Gasteiger partial charge is 0.384 e. The summed E-state index contributed by atoms with van der Waals surface area (Å²) in [7, 11) is 1.68. The molecule has 0 radical (unpaired) electrons. The number of H-pyrrole nitrogens is 1. The molecule has 1 aliphatic carbocycles. The van der Waals surface area contributed by atoms with Crippen LogP contribution < -0.4 is 5.56 Å². The molecule has 20 heavy (non-hydrogen) atoms. The van der Waals surface area contributed by atoms with Gasteiger partial charge in [0.1, 0.15) is 6.07 Å². The van der Waals surface area contributed by atoms with E-state index >= 15 is 0 Å². The monoisotopic (exact) mass is 310 g/mol. The first-order chi connectivity index (χ1) is 9.69. The Bertz CT molecular complexity index is 578. The van der Waals surface area contributed by atoms with Gasteiger partial charge in [-0.05, 0) is 24.3 Å². The second-order valence-corrected chi connectivity index (χ2v) is 7.22. The van der Waals surface area contributed by atoms with Crippen molar-refractivity contribution in [1.82, 2.24) is 4.98 Å². The minimum atomic E-state index is -0.0206. The molecule has 108 valence electrons. The van der Waals surface area contributed by atoms with Crippen LogP contribution in [0.15, 0.2) is 9.82 Å². The zero-order valence-corrected chi connectivity index (χ0v) is 13.3. The predicted octanol–water partition coefficient (Wildman–Crippen LogP) is 2.73. The normalized spacial score (nSPS) is 16.9. The molecule has 0 spiro atoms. The third kappa shape index (κ3) is 3.22. The number of nitrogens with zero attached hydrogens (tertiary/aromatic N) is 1. The summed E-state index contributed by atoms with van der Waals surface area (Å²) in [5.74, 6) is 1.22. The molecule has 4 nitrogen and oxygen atoms in total. The van der Waals surface area contributed by atoms with Crippen molar-refractivity contribution < 1.29 is 4.74 Å². The van der Waals surface area contributed by atoms with Gasteiger partial charge in [0.05, 0.1) is 17.2 Å². The molecule has 0 fully saturated rings. The summed E-state index contributed by atoms with van der Waals surface area (Å²) in [6, 6.07) is 2.28. The van der Waals surface area contributed by atoms with Crippen molar-refractivity contribution in [2.75, 3.05) is 24.6 Å². The number of pyridine rings is 1. The zero-order chi connectivity index (χ0) is 14.5.